The average Bonchev–Trinajstić information content (AvgIpc) is 3.37. The van der Waals surface area contributed by atoms with E-state index in [0.717, 1.165) is 50.3 Å². The van der Waals surface area contributed by atoms with Gasteiger partial charge in [-0.05, 0) is 43.9 Å². The molecule has 25 heavy (non-hydrogen) atoms. The van der Waals surface area contributed by atoms with Crippen molar-refractivity contribution in [2.45, 2.75) is 32.7 Å². The van der Waals surface area contributed by atoms with E-state index in [4.69, 9.17) is 0 Å². The normalized spacial score (nSPS) is 18.8. The molecule has 0 atom stereocenters. The van der Waals surface area contributed by atoms with Crippen LogP contribution in [0.15, 0.2) is 18.2 Å². The number of nitrogens with zero attached hydrogens (tertiary/aromatic N) is 2. The smallest absolute Gasteiger partial charge is 0.238 e. The van der Waals surface area contributed by atoms with E-state index in [9.17, 15) is 9.59 Å². The Labute approximate surface area is 149 Å². The summed E-state index contributed by atoms with van der Waals surface area (Å²) in [7, 11) is 0. The van der Waals surface area contributed by atoms with Gasteiger partial charge in [-0.2, -0.15) is 0 Å². The van der Waals surface area contributed by atoms with Gasteiger partial charge in [0.1, 0.15) is 0 Å². The van der Waals surface area contributed by atoms with E-state index in [2.05, 4.69) is 20.4 Å². The van der Waals surface area contributed by atoms with E-state index < -0.39 is 0 Å². The molecule has 6 nitrogen and oxygen atoms in total. The van der Waals surface area contributed by atoms with E-state index in [-0.39, 0.29) is 11.8 Å². The van der Waals surface area contributed by atoms with E-state index >= 15 is 0 Å². The number of piperazine rings is 1. The topological polar surface area (TPSA) is 64.7 Å². The zero-order valence-electron chi connectivity index (χ0n) is 15.2. The zero-order chi connectivity index (χ0) is 17.8. The summed E-state index contributed by atoms with van der Waals surface area (Å²) in [6.45, 7) is 8.23. The molecule has 136 valence electrons. The van der Waals surface area contributed by atoms with Crippen molar-refractivity contribution in [3.05, 3.63) is 29.3 Å². The Morgan fingerprint density at radius 1 is 1.00 bits per heavy atom. The molecular formula is C19H28N4O2. The first kappa shape index (κ1) is 17.9. The molecule has 1 saturated carbocycles. The molecule has 6 heteroatoms. The third-order valence-electron chi connectivity index (χ3n) is 5.02. The second kappa shape index (κ2) is 7.97. The van der Waals surface area contributed by atoms with Gasteiger partial charge in [-0.25, -0.2) is 0 Å². The van der Waals surface area contributed by atoms with Crippen molar-refractivity contribution in [2.75, 3.05) is 44.6 Å². The highest BCUT2D eigenvalue weighted by Gasteiger charge is 2.25. The van der Waals surface area contributed by atoms with Crippen LogP contribution in [-0.4, -0.2) is 66.9 Å². The van der Waals surface area contributed by atoms with Gasteiger partial charge in [-0.3, -0.25) is 19.4 Å². The van der Waals surface area contributed by atoms with Gasteiger partial charge in [0, 0.05) is 37.9 Å². The van der Waals surface area contributed by atoms with E-state index in [1.54, 1.807) is 0 Å². The number of rotatable bonds is 6. The molecule has 1 heterocycles. The molecule has 2 fully saturated rings. The third-order valence-corrected chi connectivity index (χ3v) is 5.02. The number of carbonyl (C=O) groups excluding carboxylic acids is 2. The first-order chi connectivity index (χ1) is 12.0. The zero-order valence-corrected chi connectivity index (χ0v) is 15.2. The Kier molecular flexibility index (Phi) is 5.71. The standard InChI is InChI=1S/C19H28N4O2/c1-14-4-3-5-17(15(14)2)21-19(25)13-23-10-8-22(9-11-23)12-18(24)20-16-6-7-16/h3-5,16H,6-13H2,1-2H3,(H,20,24)(H,21,25). The van der Waals surface area contributed by atoms with Crippen molar-refractivity contribution >= 4 is 17.5 Å². The van der Waals surface area contributed by atoms with Crippen molar-refractivity contribution in [1.82, 2.24) is 15.1 Å². The van der Waals surface area contributed by atoms with Crippen molar-refractivity contribution < 1.29 is 9.59 Å². The number of nitrogens with one attached hydrogen (secondary N) is 2. The minimum Gasteiger partial charge on any atom is -0.352 e. The van der Waals surface area contributed by atoms with Gasteiger partial charge in [0.15, 0.2) is 0 Å². The van der Waals surface area contributed by atoms with Gasteiger partial charge >= 0.3 is 0 Å². The Morgan fingerprint density at radius 3 is 2.20 bits per heavy atom. The van der Waals surface area contributed by atoms with E-state index in [1.165, 1.54) is 5.56 Å². The van der Waals surface area contributed by atoms with Crippen molar-refractivity contribution in [2.24, 2.45) is 0 Å². The molecule has 3 rings (SSSR count). The van der Waals surface area contributed by atoms with E-state index in [0.29, 0.717) is 19.1 Å². The predicted molar refractivity (Wildman–Crippen MR) is 98.6 cm³/mol. The summed E-state index contributed by atoms with van der Waals surface area (Å²) in [6.07, 6.45) is 2.24. The molecule has 1 aliphatic carbocycles. The number of benzene rings is 1. The Hall–Kier alpha value is -1.92. The number of anilines is 1. The monoisotopic (exact) mass is 344 g/mol. The highest BCUT2D eigenvalue weighted by Crippen LogP contribution is 2.19. The maximum Gasteiger partial charge on any atom is 0.238 e. The van der Waals surface area contributed by atoms with Gasteiger partial charge in [-0.1, -0.05) is 12.1 Å². The first-order valence-corrected chi connectivity index (χ1v) is 9.11. The Bertz CT molecular complexity index is 634. The molecule has 0 spiro atoms. The van der Waals surface area contributed by atoms with Crippen LogP contribution in [0.1, 0.15) is 24.0 Å². The molecule has 2 amide bonds. The average molecular weight is 344 g/mol. The second-order valence-electron chi connectivity index (χ2n) is 7.19. The van der Waals surface area contributed by atoms with Crippen LogP contribution >= 0.6 is 0 Å². The molecule has 1 aromatic rings. The summed E-state index contributed by atoms with van der Waals surface area (Å²) in [6, 6.07) is 6.37. The first-order valence-electron chi connectivity index (χ1n) is 9.11. The quantitative estimate of drug-likeness (QED) is 0.812. The Balaban J connectivity index is 1.40. The van der Waals surface area contributed by atoms with Gasteiger partial charge in [-0.15, -0.1) is 0 Å². The van der Waals surface area contributed by atoms with Crippen LogP contribution in [0.4, 0.5) is 5.69 Å². The maximum absolute atomic E-state index is 12.3. The summed E-state index contributed by atoms with van der Waals surface area (Å²) >= 11 is 0. The lowest BCUT2D eigenvalue weighted by atomic mass is 10.1. The summed E-state index contributed by atoms with van der Waals surface area (Å²) < 4.78 is 0. The maximum atomic E-state index is 12.3. The van der Waals surface area contributed by atoms with Crippen LogP contribution < -0.4 is 10.6 Å². The van der Waals surface area contributed by atoms with Crippen molar-refractivity contribution in [1.29, 1.82) is 0 Å². The van der Waals surface area contributed by atoms with Gasteiger partial charge in [0.25, 0.3) is 0 Å². The second-order valence-corrected chi connectivity index (χ2v) is 7.19. The predicted octanol–water partition coefficient (Wildman–Crippen LogP) is 1.14. The number of amides is 2. The van der Waals surface area contributed by atoms with Gasteiger partial charge in [0.05, 0.1) is 13.1 Å². The van der Waals surface area contributed by atoms with Crippen LogP contribution in [0.5, 0.6) is 0 Å². The molecule has 0 aromatic heterocycles. The fraction of sp³-hybridized carbons (Fsp3) is 0.579. The van der Waals surface area contributed by atoms with E-state index in [1.807, 2.05) is 32.0 Å². The highest BCUT2D eigenvalue weighted by atomic mass is 16.2. The fourth-order valence-electron chi connectivity index (χ4n) is 3.09. The van der Waals surface area contributed by atoms with Crippen LogP contribution in [-0.2, 0) is 9.59 Å². The number of aryl methyl sites for hydroxylation is 1. The minimum absolute atomic E-state index is 0.0219. The molecule has 0 bridgehead atoms. The highest BCUT2D eigenvalue weighted by molar-refractivity contribution is 5.93. The molecule has 0 radical (unpaired) electrons. The number of hydrogen-bond donors (Lipinski definition) is 2. The summed E-state index contributed by atoms with van der Waals surface area (Å²) in [4.78, 5) is 28.5. The number of carbonyl (C=O) groups is 2. The van der Waals surface area contributed by atoms with Crippen molar-refractivity contribution in [3.8, 4) is 0 Å². The third kappa shape index (κ3) is 5.28. The van der Waals surface area contributed by atoms with Crippen molar-refractivity contribution in [3.63, 3.8) is 0 Å². The van der Waals surface area contributed by atoms with Crippen LogP contribution in [0.3, 0.4) is 0 Å². The Morgan fingerprint density at radius 2 is 1.60 bits per heavy atom. The lowest BCUT2D eigenvalue weighted by molar-refractivity contribution is -0.123. The van der Waals surface area contributed by atoms with Gasteiger partial charge < -0.3 is 10.6 Å². The lowest BCUT2D eigenvalue weighted by Gasteiger charge is -2.33. The van der Waals surface area contributed by atoms with Crippen LogP contribution in [0.2, 0.25) is 0 Å². The summed E-state index contributed by atoms with van der Waals surface area (Å²) in [5.41, 5.74) is 3.18. The molecule has 0 unspecified atom stereocenters. The molecule has 2 N–H and O–H groups in total. The molecule has 2 aliphatic rings. The number of hydrogen-bond acceptors (Lipinski definition) is 4. The molecular weight excluding hydrogens is 316 g/mol. The SMILES string of the molecule is Cc1cccc(NC(=O)CN2CCN(CC(=O)NC3CC3)CC2)c1C. The largest absolute Gasteiger partial charge is 0.352 e. The van der Waals surface area contributed by atoms with Gasteiger partial charge in [0.2, 0.25) is 11.8 Å². The molecule has 1 aliphatic heterocycles. The fourth-order valence-corrected chi connectivity index (χ4v) is 3.09. The molecule has 1 saturated heterocycles. The molecule has 1 aromatic carbocycles. The van der Waals surface area contributed by atoms with Crippen LogP contribution in [0, 0.1) is 13.8 Å². The minimum atomic E-state index is 0.0219. The lowest BCUT2D eigenvalue weighted by Crippen LogP contribution is -2.51. The van der Waals surface area contributed by atoms with Crippen LogP contribution in [0.25, 0.3) is 0 Å². The summed E-state index contributed by atoms with van der Waals surface area (Å²) in [5, 5.41) is 6.04. The summed E-state index contributed by atoms with van der Waals surface area (Å²) in [5.74, 6) is 0.150.